The monoisotopic (exact) mass is 284 g/mol. The van der Waals surface area contributed by atoms with Crippen LogP contribution in [0.5, 0.6) is 0 Å². The van der Waals surface area contributed by atoms with Crippen LogP contribution in [0.25, 0.3) is 0 Å². The van der Waals surface area contributed by atoms with E-state index >= 15 is 0 Å². The van der Waals surface area contributed by atoms with Crippen LogP contribution < -0.4 is 5.32 Å². The van der Waals surface area contributed by atoms with Crippen LogP contribution in [0.4, 0.5) is 5.69 Å². The lowest BCUT2D eigenvalue weighted by molar-refractivity contribution is 0.285. The molecule has 110 valence electrons. The van der Waals surface area contributed by atoms with E-state index in [2.05, 4.69) is 42.3 Å². The van der Waals surface area contributed by atoms with E-state index in [0.717, 1.165) is 38.4 Å². The zero-order valence-electron chi connectivity index (χ0n) is 12.6. The number of anilines is 1. The molecule has 0 aromatic carbocycles. The highest BCUT2D eigenvalue weighted by Crippen LogP contribution is 2.06. The number of rotatable bonds is 11. The number of hydrogen-bond donors (Lipinski definition) is 1. The summed E-state index contributed by atoms with van der Waals surface area (Å²) in [7, 11) is 0. The Bertz CT molecular complexity index is 323. The molecule has 0 fully saturated rings. The molecule has 0 atom stereocenters. The Balaban J connectivity index is 2.20. The molecule has 19 heavy (non-hydrogen) atoms. The van der Waals surface area contributed by atoms with Crippen LogP contribution in [0.3, 0.4) is 0 Å². The first kappa shape index (κ1) is 16.4. The molecule has 0 amide bonds. The van der Waals surface area contributed by atoms with Gasteiger partial charge in [-0.15, -0.1) is 0 Å². The molecule has 1 rings (SSSR count). The minimum absolute atomic E-state index is 0.967. The molecule has 0 saturated carbocycles. The van der Waals surface area contributed by atoms with Gasteiger partial charge in [-0.2, -0.15) is 16.9 Å². The SMILES string of the molecule is CCSCCCNc1cnn(CCN(CC)CC)c1. The minimum atomic E-state index is 0.967. The van der Waals surface area contributed by atoms with Crippen LogP contribution in [-0.2, 0) is 6.54 Å². The van der Waals surface area contributed by atoms with Gasteiger partial charge in [0.15, 0.2) is 0 Å². The van der Waals surface area contributed by atoms with Crippen molar-refractivity contribution in [1.82, 2.24) is 14.7 Å². The molecule has 0 spiro atoms. The van der Waals surface area contributed by atoms with Gasteiger partial charge in [-0.25, -0.2) is 0 Å². The van der Waals surface area contributed by atoms with Crippen molar-refractivity contribution in [3.63, 3.8) is 0 Å². The molecule has 1 N–H and O–H groups in total. The normalized spacial score (nSPS) is 11.2. The first-order valence-electron chi connectivity index (χ1n) is 7.36. The van der Waals surface area contributed by atoms with Gasteiger partial charge in [0.1, 0.15) is 0 Å². The summed E-state index contributed by atoms with van der Waals surface area (Å²) in [6, 6.07) is 0. The Kier molecular flexibility index (Phi) is 8.75. The lowest BCUT2D eigenvalue weighted by Crippen LogP contribution is -2.27. The predicted octanol–water partition coefficient (Wildman–Crippen LogP) is 2.78. The minimum Gasteiger partial charge on any atom is -0.382 e. The van der Waals surface area contributed by atoms with Crippen molar-refractivity contribution < 1.29 is 0 Å². The highest BCUT2D eigenvalue weighted by Gasteiger charge is 2.01. The van der Waals surface area contributed by atoms with Gasteiger partial charge in [0.25, 0.3) is 0 Å². The largest absolute Gasteiger partial charge is 0.382 e. The number of aromatic nitrogens is 2. The summed E-state index contributed by atoms with van der Waals surface area (Å²) in [5, 5.41) is 7.82. The van der Waals surface area contributed by atoms with E-state index in [-0.39, 0.29) is 0 Å². The van der Waals surface area contributed by atoms with Crippen LogP contribution in [-0.4, -0.2) is 52.4 Å². The molecule has 1 heterocycles. The van der Waals surface area contributed by atoms with Gasteiger partial charge in [-0.05, 0) is 31.0 Å². The molecule has 0 radical (unpaired) electrons. The van der Waals surface area contributed by atoms with Gasteiger partial charge in [-0.1, -0.05) is 20.8 Å². The Morgan fingerprint density at radius 3 is 2.79 bits per heavy atom. The molecular formula is C14H28N4S. The van der Waals surface area contributed by atoms with Gasteiger partial charge in [0, 0.05) is 19.3 Å². The number of thioether (sulfide) groups is 1. The molecule has 0 bridgehead atoms. The van der Waals surface area contributed by atoms with E-state index < -0.39 is 0 Å². The fraction of sp³-hybridized carbons (Fsp3) is 0.786. The lowest BCUT2D eigenvalue weighted by Gasteiger charge is -2.17. The maximum atomic E-state index is 4.39. The second kappa shape index (κ2) is 10.1. The fourth-order valence-corrected chi connectivity index (χ4v) is 2.55. The number of likely N-dealkylation sites (N-methyl/N-ethyl adjacent to an activating group) is 1. The van der Waals surface area contributed by atoms with Gasteiger partial charge in [0.2, 0.25) is 0 Å². The average Bonchev–Trinajstić information content (AvgIpc) is 2.88. The number of nitrogens with one attached hydrogen (secondary N) is 1. The van der Waals surface area contributed by atoms with Crippen LogP contribution in [0.2, 0.25) is 0 Å². The fourth-order valence-electron chi connectivity index (χ4n) is 1.91. The maximum absolute atomic E-state index is 4.39. The number of nitrogens with zero attached hydrogens (tertiary/aromatic N) is 3. The van der Waals surface area contributed by atoms with Crippen molar-refractivity contribution in [3.05, 3.63) is 12.4 Å². The van der Waals surface area contributed by atoms with Crippen molar-refractivity contribution >= 4 is 17.4 Å². The number of hydrogen-bond acceptors (Lipinski definition) is 4. The Morgan fingerprint density at radius 1 is 1.32 bits per heavy atom. The third-order valence-corrected chi connectivity index (χ3v) is 4.16. The average molecular weight is 284 g/mol. The van der Waals surface area contributed by atoms with Gasteiger partial charge in [0.05, 0.1) is 18.4 Å². The molecule has 0 saturated heterocycles. The Labute approximate surface area is 121 Å². The van der Waals surface area contributed by atoms with E-state index in [1.807, 2.05) is 22.6 Å². The van der Waals surface area contributed by atoms with Crippen LogP contribution >= 0.6 is 11.8 Å². The van der Waals surface area contributed by atoms with Crippen LogP contribution in [0.15, 0.2) is 12.4 Å². The Hall–Kier alpha value is -0.680. The smallest absolute Gasteiger partial charge is 0.0726 e. The van der Waals surface area contributed by atoms with Gasteiger partial charge in [-0.3, -0.25) is 4.68 Å². The molecule has 5 heteroatoms. The van der Waals surface area contributed by atoms with Crippen LogP contribution in [0.1, 0.15) is 27.2 Å². The van der Waals surface area contributed by atoms with E-state index in [0.29, 0.717) is 0 Å². The summed E-state index contributed by atoms with van der Waals surface area (Å²) in [6.45, 7) is 11.9. The summed E-state index contributed by atoms with van der Waals surface area (Å²) >= 11 is 2.00. The molecule has 4 nitrogen and oxygen atoms in total. The molecule has 0 aliphatic rings. The van der Waals surface area contributed by atoms with E-state index in [1.165, 1.54) is 17.9 Å². The van der Waals surface area contributed by atoms with Crippen molar-refractivity contribution in [2.45, 2.75) is 33.7 Å². The van der Waals surface area contributed by atoms with Crippen molar-refractivity contribution in [1.29, 1.82) is 0 Å². The maximum Gasteiger partial charge on any atom is 0.0726 e. The summed E-state index contributed by atoms with van der Waals surface area (Å²) in [4.78, 5) is 2.41. The van der Waals surface area contributed by atoms with Gasteiger partial charge < -0.3 is 10.2 Å². The van der Waals surface area contributed by atoms with Crippen molar-refractivity contribution in [3.8, 4) is 0 Å². The zero-order chi connectivity index (χ0) is 13.9. The van der Waals surface area contributed by atoms with E-state index in [9.17, 15) is 0 Å². The van der Waals surface area contributed by atoms with Crippen LogP contribution in [0, 0.1) is 0 Å². The topological polar surface area (TPSA) is 33.1 Å². The highest BCUT2D eigenvalue weighted by molar-refractivity contribution is 7.99. The van der Waals surface area contributed by atoms with E-state index in [4.69, 9.17) is 0 Å². The molecular weight excluding hydrogens is 256 g/mol. The summed E-state index contributed by atoms with van der Waals surface area (Å²) in [6.07, 6.45) is 5.24. The first-order valence-corrected chi connectivity index (χ1v) is 8.52. The zero-order valence-corrected chi connectivity index (χ0v) is 13.4. The summed E-state index contributed by atoms with van der Waals surface area (Å²) in [5.41, 5.74) is 1.14. The molecule has 1 aromatic heterocycles. The second-order valence-corrected chi connectivity index (χ2v) is 5.89. The molecule has 0 unspecified atom stereocenters. The van der Waals surface area contributed by atoms with Crippen molar-refractivity contribution in [2.75, 3.05) is 43.0 Å². The van der Waals surface area contributed by atoms with Crippen molar-refractivity contribution in [2.24, 2.45) is 0 Å². The lowest BCUT2D eigenvalue weighted by atomic mass is 10.4. The highest BCUT2D eigenvalue weighted by atomic mass is 32.2. The summed E-state index contributed by atoms with van der Waals surface area (Å²) in [5.74, 6) is 2.45. The summed E-state index contributed by atoms with van der Waals surface area (Å²) < 4.78 is 2.03. The predicted molar refractivity (Wildman–Crippen MR) is 86.1 cm³/mol. The quantitative estimate of drug-likeness (QED) is 0.634. The molecule has 0 aliphatic heterocycles. The second-order valence-electron chi connectivity index (χ2n) is 4.50. The van der Waals surface area contributed by atoms with E-state index in [1.54, 1.807) is 0 Å². The third kappa shape index (κ3) is 6.87. The third-order valence-electron chi connectivity index (χ3n) is 3.17. The molecule has 1 aromatic rings. The standard InChI is InChI=1S/C14H28N4S/c1-4-17(5-2)9-10-18-13-14(12-16-18)15-8-7-11-19-6-3/h12-13,15H,4-11H2,1-3H3. The first-order chi connectivity index (χ1) is 9.30. The van der Waals surface area contributed by atoms with Gasteiger partial charge >= 0.3 is 0 Å². The molecule has 0 aliphatic carbocycles. The Morgan fingerprint density at radius 2 is 2.11 bits per heavy atom.